The van der Waals surface area contributed by atoms with E-state index in [1.807, 2.05) is 0 Å². The summed E-state index contributed by atoms with van der Waals surface area (Å²) in [6.07, 6.45) is 1.11. The van der Waals surface area contributed by atoms with Crippen LogP contribution < -0.4 is 0 Å². The number of nitrogens with zero attached hydrogens (tertiary/aromatic N) is 1. The Balaban J connectivity index is 3.85. The highest BCUT2D eigenvalue weighted by molar-refractivity contribution is 6.38. The number of rotatable bonds is 4. The third kappa shape index (κ3) is 2.96. The summed E-state index contributed by atoms with van der Waals surface area (Å²) < 4.78 is 0. The van der Waals surface area contributed by atoms with Crippen molar-refractivity contribution in [1.29, 1.82) is 0 Å². The summed E-state index contributed by atoms with van der Waals surface area (Å²) in [7, 11) is 0. The van der Waals surface area contributed by atoms with E-state index in [1.165, 1.54) is 6.92 Å². The molecule has 10 heavy (non-hydrogen) atoms. The molecule has 0 amide bonds. The smallest absolute Gasteiger partial charge is 0.177 e. The number of Topliss-reactive ketones (excluding diaryl/α,β-unsaturated/α-hetero) is 1. The first kappa shape index (κ1) is 8.81. The monoisotopic (exact) mass is 143 g/mol. The van der Waals surface area contributed by atoms with Crippen molar-refractivity contribution in [3.8, 4) is 0 Å². The molecule has 4 heteroatoms. The molecule has 0 aliphatic rings. The minimum Gasteiger partial charge on any atom is -0.411 e. The van der Waals surface area contributed by atoms with Gasteiger partial charge in [0.15, 0.2) is 5.78 Å². The number of aldehydes is 1. The van der Waals surface area contributed by atoms with E-state index < -0.39 is 0 Å². The topological polar surface area (TPSA) is 66.7 Å². The standard InChI is InChI=1S/C6H9NO3/c1-5(9)6(7-10)3-2-4-8/h4,10H,2-3H2,1H3. The van der Waals surface area contributed by atoms with Crippen molar-refractivity contribution in [1.82, 2.24) is 0 Å². The summed E-state index contributed by atoms with van der Waals surface area (Å²) in [4.78, 5) is 20.3. The lowest BCUT2D eigenvalue weighted by molar-refractivity contribution is -0.111. The van der Waals surface area contributed by atoms with E-state index in [2.05, 4.69) is 5.16 Å². The highest BCUT2D eigenvalue weighted by Crippen LogP contribution is 1.91. The molecular formula is C6H9NO3. The van der Waals surface area contributed by atoms with E-state index in [-0.39, 0.29) is 24.3 Å². The first-order valence-electron chi connectivity index (χ1n) is 2.88. The molecular weight excluding hydrogens is 134 g/mol. The number of hydrogen-bond acceptors (Lipinski definition) is 4. The molecule has 0 aromatic rings. The van der Waals surface area contributed by atoms with Crippen LogP contribution in [0.3, 0.4) is 0 Å². The Kier molecular flexibility index (Phi) is 4.11. The van der Waals surface area contributed by atoms with Crippen molar-refractivity contribution in [2.45, 2.75) is 19.8 Å². The fraction of sp³-hybridized carbons (Fsp3) is 0.500. The van der Waals surface area contributed by atoms with Gasteiger partial charge in [0.1, 0.15) is 12.0 Å². The Morgan fingerprint density at radius 2 is 2.30 bits per heavy atom. The van der Waals surface area contributed by atoms with Gasteiger partial charge in [0.2, 0.25) is 0 Å². The van der Waals surface area contributed by atoms with Gasteiger partial charge in [-0.25, -0.2) is 0 Å². The molecule has 1 N–H and O–H groups in total. The van der Waals surface area contributed by atoms with Gasteiger partial charge in [-0.1, -0.05) is 5.16 Å². The molecule has 0 saturated heterocycles. The quantitative estimate of drug-likeness (QED) is 0.268. The van der Waals surface area contributed by atoms with Gasteiger partial charge in [0.05, 0.1) is 0 Å². The van der Waals surface area contributed by atoms with E-state index in [4.69, 9.17) is 5.21 Å². The molecule has 0 atom stereocenters. The largest absolute Gasteiger partial charge is 0.411 e. The van der Waals surface area contributed by atoms with Gasteiger partial charge >= 0.3 is 0 Å². The van der Waals surface area contributed by atoms with Gasteiger partial charge < -0.3 is 10.0 Å². The summed E-state index contributed by atoms with van der Waals surface area (Å²) >= 11 is 0. The first-order valence-corrected chi connectivity index (χ1v) is 2.88. The second-order valence-corrected chi connectivity index (χ2v) is 1.81. The zero-order valence-corrected chi connectivity index (χ0v) is 5.70. The molecule has 0 aromatic carbocycles. The van der Waals surface area contributed by atoms with Gasteiger partial charge in [0, 0.05) is 19.8 Å². The molecule has 0 aliphatic carbocycles. The van der Waals surface area contributed by atoms with Crippen LogP contribution >= 0.6 is 0 Å². The molecule has 0 heterocycles. The van der Waals surface area contributed by atoms with Gasteiger partial charge in [-0.15, -0.1) is 0 Å². The Morgan fingerprint density at radius 1 is 1.70 bits per heavy atom. The zero-order chi connectivity index (χ0) is 7.98. The van der Waals surface area contributed by atoms with Crippen molar-refractivity contribution in [2.75, 3.05) is 0 Å². The van der Waals surface area contributed by atoms with Gasteiger partial charge in [-0.3, -0.25) is 4.79 Å². The lowest BCUT2D eigenvalue weighted by atomic mass is 10.2. The third-order valence-electron chi connectivity index (χ3n) is 1.03. The van der Waals surface area contributed by atoms with Gasteiger partial charge in [0.25, 0.3) is 0 Å². The second kappa shape index (κ2) is 4.67. The molecule has 0 unspecified atom stereocenters. The van der Waals surface area contributed by atoms with Crippen LogP contribution in [0, 0.1) is 0 Å². The fourth-order valence-corrected chi connectivity index (χ4v) is 0.492. The predicted molar refractivity (Wildman–Crippen MR) is 35.2 cm³/mol. The average molecular weight is 143 g/mol. The van der Waals surface area contributed by atoms with Crippen LogP contribution in [0.1, 0.15) is 19.8 Å². The summed E-state index contributed by atoms with van der Waals surface area (Å²) in [5.41, 5.74) is 0.0482. The molecule has 0 saturated carbocycles. The van der Waals surface area contributed by atoms with E-state index >= 15 is 0 Å². The normalized spacial score (nSPS) is 11.1. The summed E-state index contributed by atoms with van der Waals surface area (Å²) in [6.45, 7) is 1.29. The molecule has 4 nitrogen and oxygen atoms in total. The average Bonchev–Trinajstić information content (AvgIpc) is 1.89. The highest BCUT2D eigenvalue weighted by Gasteiger charge is 2.04. The predicted octanol–water partition coefficient (Wildman–Crippen LogP) is 0.385. The number of ketones is 1. The van der Waals surface area contributed by atoms with Crippen molar-refractivity contribution in [3.05, 3.63) is 0 Å². The van der Waals surface area contributed by atoms with Crippen molar-refractivity contribution in [3.63, 3.8) is 0 Å². The molecule has 0 bridgehead atoms. The fourth-order valence-electron chi connectivity index (χ4n) is 0.492. The molecule has 0 aromatic heterocycles. The van der Waals surface area contributed by atoms with Crippen molar-refractivity contribution >= 4 is 17.8 Å². The van der Waals surface area contributed by atoms with Crippen LogP contribution in [-0.2, 0) is 9.59 Å². The number of oxime groups is 1. The second-order valence-electron chi connectivity index (χ2n) is 1.81. The first-order chi connectivity index (χ1) is 4.72. The molecule has 0 spiro atoms. The highest BCUT2D eigenvalue weighted by atomic mass is 16.4. The summed E-state index contributed by atoms with van der Waals surface area (Å²) in [5, 5.41) is 10.9. The zero-order valence-electron chi connectivity index (χ0n) is 5.70. The van der Waals surface area contributed by atoms with E-state index in [1.54, 1.807) is 0 Å². The Bertz CT molecular complexity index is 162. The Labute approximate surface area is 58.5 Å². The van der Waals surface area contributed by atoms with Crippen LogP contribution in [0.5, 0.6) is 0 Å². The number of carbonyl (C=O) groups excluding carboxylic acids is 2. The van der Waals surface area contributed by atoms with E-state index in [9.17, 15) is 9.59 Å². The molecule has 0 fully saturated rings. The van der Waals surface area contributed by atoms with E-state index in [0.29, 0.717) is 6.29 Å². The van der Waals surface area contributed by atoms with Crippen LogP contribution in [-0.4, -0.2) is 23.0 Å². The van der Waals surface area contributed by atoms with Crippen LogP contribution in [0.15, 0.2) is 5.16 Å². The molecule has 0 rings (SSSR count). The lowest BCUT2D eigenvalue weighted by Crippen LogP contribution is -2.09. The van der Waals surface area contributed by atoms with Gasteiger partial charge in [-0.2, -0.15) is 0 Å². The lowest BCUT2D eigenvalue weighted by Gasteiger charge is -1.92. The third-order valence-corrected chi connectivity index (χ3v) is 1.03. The van der Waals surface area contributed by atoms with Crippen LogP contribution in [0.25, 0.3) is 0 Å². The Hall–Kier alpha value is -1.19. The maximum Gasteiger partial charge on any atom is 0.177 e. The number of carbonyl (C=O) groups is 2. The summed E-state index contributed by atoms with van der Waals surface area (Å²) in [6, 6.07) is 0. The van der Waals surface area contributed by atoms with Gasteiger partial charge in [-0.05, 0) is 0 Å². The van der Waals surface area contributed by atoms with Crippen LogP contribution in [0.2, 0.25) is 0 Å². The number of hydrogen-bond donors (Lipinski definition) is 1. The minimum atomic E-state index is -0.302. The minimum absolute atomic E-state index is 0.0482. The van der Waals surface area contributed by atoms with Crippen LogP contribution in [0.4, 0.5) is 0 Å². The maximum atomic E-state index is 10.5. The SMILES string of the molecule is CC(=O)C(CCC=O)=NO. The summed E-state index contributed by atoms with van der Waals surface area (Å²) in [5.74, 6) is -0.302. The molecule has 0 aliphatic heterocycles. The molecule has 0 radical (unpaired) electrons. The van der Waals surface area contributed by atoms with Crippen molar-refractivity contribution in [2.24, 2.45) is 5.16 Å². The van der Waals surface area contributed by atoms with E-state index in [0.717, 1.165) is 0 Å². The maximum absolute atomic E-state index is 10.5. The van der Waals surface area contributed by atoms with Crippen molar-refractivity contribution < 1.29 is 14.8 Å². The molecule has 56 valence electrons. The Morgan fingerprint density at radius 3 is 2.60 bits per heavy atom.